The van der Waals surface area contributed by atoms with Crippen molar-refractivity contribution in [3.05, 3.63) is 29.7 Å². The lowest BCUT2D eigenvalue weighted by Gasteiger charge is -2.25. The number of alkyl halides is 3. The molecule has 29 heavy (non-hydrogen) atoms. The number of H-pyrrole nitrogens is 1. The Morgan fingerprint density at radius 3 is 2.72 bits per heavy atom. The third kappa shape index (κ3) is 4.81. The quantitative estimate of drug-likeness (QED) is 0.554. The maximum absolute atomic E-state index is 13.6. The molecule has 0 saturated heterocycles. The van der Waals surface area contributed by atoms with Gasteiger partial charge in [0.2, 0.25) is 0 Å². The van der Waals surface area contributed by atoms with E-state index in [2.05, 4.69) is 25.3 Å². The predicted octanol–water partition coefficient (Wildman–Crippen LogP) is 4.48. The number of amides is 1. The Hall–Kier alpha value is -2.75. The molecule has 5 N–H and O–H groups in total. The summed E-state index contributed by atoms with van der Waals surface area (Å²) in [6.45, 7) is 1.80. The first kappa shape index (κ1) is 21.0. The van der Waals surface area contributed by atoms with E-state index in [0.717, 1.165) is 0 Å². The number of hydrogen-bond donors (Lipinski definition) is 4. The maximum atomic E-state index is 13.6. The Labute approximate surface area is 166 Å². The van der Waals surface area contributed by atoms with Crippen LogP contribution in [0.5, 0.6) is 0 Å². The molecule has 0 aliphatic carbocycles. The number of fused-ring (bicyclic) bond motifs is 4. The lowest BCUT2D eigenvalue weighted by Crippen LogP contribution is -2.36. The molecular formula is C19H24F3N5O2. The fraction of sp³-hybridized carbons (Fsp3) is 0.474. The number of nitrogens with zero attached hydrogens (tertiary/aromatic N) is 1. The van der Waals surface area contributed by atoms with Crippen molar-refractivity contribution in [1.82, 2.24) is 9.97 Å². The summed E-state index contributed by atoms with van der Waals surface area (Å²) in [5.74, 6) is 0.605. The van der Waals surface area contributed by atoms with Gasteiger partial charge < -0.3 is 20.8 Å². The van der Waals surface area contributed by atoms with E-state index in [0.29, 0.717) is 47.7 Å². The molecule has 1 aliphatic rings. The first-order valence-electron chi connectivity index (χ1n) is 9.33. The van der Waals surface area contributed by atoms with Crippen LogP contribution in [0.1, 0.15) is 43.2 Å². The Kier molecular flexibility index (Phi) is 6.02. The Morgan fingerprint density at radius 1 is 1.31 bits per heavy atom. The van der Waals surface area contributed by atoms with Gasteiger partial charge in [-0.2, -0.15) is 13.2 Å². The minimum atomic E-state index is -4.43. The van der Waals surface area contributed by atoms with Crippen molar-refractivity contribution in [1.29, 1.82) is 0 Å². The first-order chi connectivity index (χ1) is 13.7. The number of benzene rings is 1. The highest BCUT2D eigenvalue weighted by Gasteiger charge is 2.39. The average Bonchev–Trinajstić information content (AvgIpc) is 3.04. The van der Waals surface area contributed by atoms with Crippen molar-refractivity contribution < 1.29 is 22.7 Å². The smallest absolute Gasteiger partial charge is 0.411 e. The number of aromatic amines is 1. The molecule has 0 fully saturated rings. The van der Waals surface area contributed by atoms with E-state index in [1.54, 1.807) is 19.1 Å². The third-order valence-corrected chi connectivity index (χ3v) is 4.94. The summed E-state index contributed by atoms with van der Waals surface area (Å²) < 4.78 is 45.5. The number of nitrogens with two attached hydrogens (primary N) is 1. The van der Waals surface area contributed by atoms with Crippen LogP contribution in [-0.2, 0) is 4.74 Å². The van der Waals surface area contributed by atoms with E-state index < -0.39 is 18.3 Å². The molecule has 2 atom stereocenters. The number of halogens is 3. The molecular weight excluding hydrogens is 387 g/mol. The number of methoxy groups -OCH3 is 1. The summed E-state index contributed by atoms with van der Waals surface area (Å²) in [6.07, 6.45) is -3.75. The van der Waals surface area contributed by atoms with Crippen LogP contribution < -0.4 is 16.4 Å². The first-order valence-corrected chi connectivity index (χ1v) is 9.33. The molecule has 2 bridgehead atoms. The normalized spacial score (nSPS) is 19.9. The fourth-order valence-electron chi connectivity index (χ4n) is 3.39. The minimum Gasteiger partial charge on any atom is -0.453 e. The van der Waals surface area contributed by atoms with Gasteiger partial charge in [0.1, 0.15) is 11.9 Å². The van der Waals surface area contributed by atoms with Gasteiger partial charge in [0.05, 0.1) is 18.8 Å². The van der Waals surface area contributed by atoms with Crippen LogP contribution in [0, 0.1) is 6.92 Å². The van der Waals surface area contributed by atoms with E-state index in [1.165, 1.54) is 13.2 Å². The highest BCUT2D eigenvalue weighted by Crippen LogP contribution is 2.36. The van der Waals surface area contributed by atoms with Gasteiger partial charge >= 0.3 is 12.3 Å². The monoisotopic (exact) mass is 411 g/mol. The molecule has 10 heteroatoms. The summed E-state index contributed by atoms with van der Waals surface area (Å²) in [5.41, 5.74) is 8.41. The second-order valence-electron chi connectivity index (χ2n) is 7.10. The Morgan fingerprint density at radius 2 is 2.03 bits per heavy atom. The fourth-order valence-corrected chi connectivity index (χ4v) is 3.39. The highest BCUT2D eigenvalue weighted by atomic mass is 19.4. The van der Waals surface area contributed by atoms with Crippen LogP contribution in [-0.4, -0.2) is 35.4 Å². The van der Waals surface area contributed by atoms with Crippen molar-refractivity contribution >= 4 is 17.5 Å². The summed E-state index contributed by atoms with van der Waals surface area (Å²) in [4.78, 5) is 19.2. The van der Waals surface area contributed by atoms with Gasteiger partial charge in [-0.1, -0.05) is 12.8 Å². The molecule has 1 aromatic carbocycles. The summed E-state index contributed by atoms with van der Waals surface area (Å²) in [7, 11) is 1.21. The number of imidazole rings is 1. The molecule has 0 radical (unpaired) electrons. The Balaban J connectivity index is 2.10. The largest absolute Gasteiger partial charge is 0.453 e. The lowest BCUT2D eigenvalue weighted by atomic mass is 10.0. The van der Waals surface area contributed by atoms with Crippen molar-refractivity contribution in [2.45, 2.75) is 50.9 Å². The van der Waals surface area contributed by atoms with Crippen LogP contribution >= 0.6 is 0 Å². The molecule has 158 valence electrons. The molecule has 3 rings (SSSR count). The van der Waals surface area contributed by atoms with Gasteiger partial charge in [-0.3, -0.25) is 5.32 Å². The molecule has 7 nitrogen and oxygen atoms in total. The maximum Gasteiger partial charge on any atom is 0.411 e. The Bertz CT molecular complexity index is 881. The number of carbonyl (C=O) groups excluding carboxylic acids is 1. The molecule has 2 unspecified atom stereocenters. The van der Waals surface area contributed by atoms with Crippen LogP contribution in [0.25, 0.3) is 11.3 Å². The topological polar surface area (TPSA) is 105 Å². The van der Waals surface area contributed by atoms with Crippen molar-refractivity contribution in [3.63, 3.8) is 0 Å². The van der Waals surface area contributed by atoms with E-state index in [4.69, 9.17) is 5.73 Å². The van der Waals surface area contributed by atoms with E-state index >= 15 is 0 Å². The SMILES string of the molecule is COC(=O)Nc1ccc2c(c1)NC(C(F)(F)F)CCCCC(N)c1nc-2c(C)[nH]1. The van der Waals surface area contributed by atoms with Gasteiger partial charge in [0.15, 0.2) is 0 Å². The molecule has 2 heterocycles. The van der Waals surface area contributed by atoms with Crippen molar-refractivity contribution in [2.75, 3.05) is 17.7 Å². The van der Waals surface area contributed by atoms with Crippen LogP contribution in [0.4, 0.5) is 29.3 Å². The van der Waals surface area contributed by atoms with Crippen molar-refractivity contribution in [2.24, 2.45) is 5.73 Å². The molecule has 1 aliphatic heterocycles. The number of aromatic nitrogens is 2. The number of nitrogens with one attached hydrogen (secondary N) is 3. The van der Waals surface area contributed by atoms with E-state index in [-0.39, 0.29) is 18.2 Å². The number of anilines is 2. The lowest BCUT2D eigenvalue weighted by molar-refractivity contribution is -0.144. The van der Waals surface area contributed by atoms with E-state index in [1.807, 2.05) is 0 Å². The van der Waals surface area contributed by atoms with Crippen LogP contribution in [0.2, 0.25) is 0 Å². The van der Waals surface area contributed by atoms with Gasteiger partial charge in [-0.25, -0.2) is 9.78 Å². The predicted molar refractivity (Wildman–Crippen MR) is 104 cm³/mol. The second kappa shape index (κ2) is 8.32. The zero-order chi connectivity index (χ0) is 21.2. The number of hydrogen-bond acceptors (Lipinski definition) is 5. The summed E-state index contributed by atoms with van der Waals surface area (Å²) in [6, 6.07) is 2.54. The molecule has 2 aromatic rings. The minimum absolute atomic E-state index is 0.0811. The van der Waals surface area contributed by atoms with Gasteiger partial charge in [0, 0.05) is 22.6 Å². The molecule has 1 aromatic heterocycles. The summed E-state index contributed by atoms with van der Waals surface area (Å²) >= 11 is 0. The summed E-state index contributed by atoms with van der Waals surface area (Å²) in [5, 5.41) is 5.10. The van der Waals surface area contributed by atoms with Crippen LogP contribution in [0.15, 0.2) is 18.2 Å². The number of ether oxygens (including phenoxy) is 1. The van der Waals surface area contributed by atoms with Gasteiger partial charge in [-0.15, -0.1) is 0 Å². The average molecular weight is 411 g/mol. The van der Waals surface area contributed by atoms with E-state index in [9.17, 15) is 18.0 Å². The number of carbonyl (C=O) groups is 1. The standard InChI is InChI=1S/C19H24F3N5O2/c1-10-16-12-8-7-11(25-18(28)29-2)9-14(12)26-15(19(20,21)22)6-4-3-5-13(23)17(24-10)27-16/h7-9,13,15,26H,3-6,23H2,1-2H3,(H,24,27)(H,25,28). The van der Waals surface area contributed by atoms with Crippen molar-refractivity contribution in [3.8, 4) is 11.3 Å². The molecule has 0 saturated carbocycles. The van der Waals surface area contributed by atoms with Gasteiger partial charge in [-0.05, 0) is 38.0 Å². The number of rotatable bonds is 1. The zero-order valence-corrected chi connectivity index (χ0v) is 16.2. The second-order valence-corrected chi connectivity index (χ2v) is 7.10. The molecule has 1 amide bonds. The van der Waals surface area contributed by atoms with Crippen LogP contribution in [0.3, 0.4) is 0 Å². The van der Waals surface area contributed by atoms with Gasteiger partial charge in [0.25, 0.3) is 0 Å². The zero-order valence-electron chi connectivity index (χ0n) is 16.2. The molecule has 0 spiro atoms. The highest BCUT2D eigenvalue weighted by molar-refractivity contribution is 5.88. The third-order valence-electron chi connectivity index (χ3n) is 4.94. The number of aryl methyl sites for hydroxylation is 1.